The van der Waals surface area contributed by atoms with Crippen molar-refractivity contribution in [2.75, 3.05) is 0 Å². The van der Waals surface area contributed by atoms with Crippen LogP contribution < -0.4 is 0 Å². The van der Waals surface area contributed by atoms with Crippen LogP contribution >= 0.6 is 0 Å². The third-order valence-electron chi connectivity index (χ3n) is 3.00. The summed E-state index contributed by atoms with van der Waals surface area (Å²) in [6.45, 7) is 1.79. The van der Waals surface area contributed by atoms with Crippen molar-refractivity contribution in [3.8, 4) is 0 Å². The van der Waals surface area contributed by atoms with Gasteiger partial charge in [-0.15, -0.1) is 0 Å². The zero-order chi connectivity index (χ0) is 10.1. The van der Waals surface area contributed by atoms with Gasteiger partial charge >= 0.3 is 0 Å². The maximum Gasteiger partial charge on any atom is 0.133 e. The van der Waals surface area contributed by atoms with Crippen molar-refractivity contribution in [1.82, 2.24) is 0 Å². The molecule has 0 spiro atoms. The van der Waals surface area contributed by atoms with Crippen LogP contribution in [0.15, 0.2) is 18.2 Å². The van der Waals surface area contributed by atoms with Crippen molar-refractivity contribution in [3.05, 3.63) is 35.1 Å². The summed E-state index contributed by atoms with van der Waals surface area (Å²) in [6, 6.07) is 5.12. The van der Waals surface area contributed by atoms with Crippen LogP contribution in [0.2, 0.25) is 0 Å². The molecule has 0 radical (unpaired) electrons. The van der Waals surface area contributed by atoms with Crippen LogP contribution in [0.3, 0.4) is 0 Å². The van der Waals surface area contributed by atoms with Crippen molar-refractivity contribution in [1.29, 1.82) is 0 Å². The molecule has 0 unspecified atom stereocenters. The van der Waals surface area contributed by atoms with E-state index in [-0.39, 0.29) is 11.7 Å². The lowest BCUT2D eigenvalue weighted by Gasteiger charge is -2.12. The summed E-state index contributed by atoms with van der Waals surface area (Å²) >= 11 is 0. The molecule has 1 atom stereocenters. The standard InChI is InChI=1S/C12H13FO/c1-8-11(3-2-4-12(8)13)9-5-6-10(14)7-9/h2-4,9H,5-7H2,1H3/t9-/m0/s1. The molecule has 1 aromatic carbocycles. The van der Waals surface area contributed by atoms with Gasteiger partial charge in [-0.1, -0.05) is 12.1 Å². The number of halogens is 1. The molecule has 0 saturated heterocycles. The second-order valence-electron chi connectivity index (χ2n) is 3.93. The first-order valence-corrected chi connectivity index (χ1v) is 4.95. The molecule has 14 heavy (non-hydrogen) atoms. The van der Waals surface area contributed by atoms with E-state index in [9.17, 15) is 9.18 Å². The summed E-state index contributed by atoms with van der Waals surface area (Å²) in [5.41, 5.74) is 1.71. The Hall–Kier alpha value is -1.18. The van der Waals surface area contributed by atoms with Crippen molar-refractivity contribution in [2.45, 2.75) is 32.1 Å². The molecular weight excluding hydrogens is 179 g/mol. The zero-order valence-corrected chi connectivity index (χ0v) is 8.22. The maximum atomic E-state index is 13.2. The molecule has 1 aliphatic rings. The molecule has 0 N–H and O–H groups in total. The highest BCUT2D eigenvalue weighted by atomic mass is 19.1. The number of Topliss-reactive ketones (excluding diaryl/α,β-unsaturated/α-hetero) is 1. The Morgan fingerprint density at radius 1 is 1.43 bits per heavy atom. The van der Waals surface area contributed by atoms with Gasteiger partial charge in [0.15, 0.2) is 0 Å². The van der Waals surface area contributed by atoms with Crippen molar-refractivity contribution in [2.24, 2.45) is 0 Å². The summed E-state index contributed by atoms with van der Waals surface area (Å²) in [7, 11) is 0. The van der Waals surface area contributed by atoms with Crippen LogP contribution in [0.5, 0.6) is 0 Å². The van der Waals surface area contributed by atoms with Crippen LogP contribution in [0.1, 0.15) is 36.3 Å². The minimum atomic E-state index is -0.165. The SMILES string of the molecule is Cc1c(F)cccc1[C@H]1CCC(=O)C1. The van der Waals surface area contributed by atoms with E-state index < -0.39 is 0 Å². The minimum absolute atomic E-state index is 0.165. The number of hydrogen-bond acceptors (Lipinski definition) is 1. The van der Waals surface area contributed by atoms with Gasteiger partial charge < -0.3 is 0 Å². The van der Waals surface area contributed by atoms with Gasteiger partial charge in [-0.05, 0) is 36.5 Å². The number of hydrogen-bond donors (Lipinski definition) is 0. The first kappa shape index (κ1) is 9.38. The number of ketones is 1. The fourth-order valence-corrected chi connectivity index (χ4v) is 2.15. The van der Waals surface area contributed by atoms with E-state index in [1.54, 1.807) is 13.0 Å². The largest absolute Gasteiger partial charge is 0.300 e. The molecule has 1 aromatic rings. The van der Waals surface area contributed by atoms with E-state index in [1.807, 2.05) is 6.07 Å². The normalized spacial score (nSPS) is 21.6. The highest BCUT2D eigenvalue weighted by Gasteiger charge is 2.25. The topological polar surface area (TPSA) is 17.1 Å². The molecule has 0 amide bonds. The molecule has 2 heteroatoms. The van der Waals surface area contributed by atoms with Gasteiger partial charge in [0.1, 0.15) is 11.6 Å². The lowest BCUT2D eigenvalue weighted by atomic mass is 9.93. The van der Waals surface area contributed by atoms with Crippen molar-refractivity contribution in [3.63, 3.8) is 0 Å². The van der Waals surface area contributed by atoms with E-state index in [0.29, 0.717) is 24.2 Å². The minimum Gasteiger partial charge on any atom is -0.300 e. The summed E-state index contributed by atoms with van der Waals surface area (Å²) < 4.78 is 13.2. The fourth-order valence-electron chi connectivity index (χ4n) is 2.15. The number of carbonyl (C=O) groups is 1. The first-order chi connectivity index (χ1) is 6.68. The third-order valence-corrected chi connectivity index (χ3v) is 3.00. The number of rotatable bonds is 1. The lowest BCUT2D eigenvalue weighted by molar-refractivity contribution is -0.117. The van der Waals surface area contributed by atoms with Gasteiger partial charge in [-0.3, -0.25) is 4.79 Å². The first-order valence-electron chi connectivity index (χ1n) is 4.95. The average Bonchev–Trinajstić information content (AvgIpc) is 2.57. The van der Waals surface area contributed by atoms with Crippen LogP contribution in [0.4, 0.5) is 4.39 Å². The Kier molecular flexibility index (Phi) is 2.36. The quantitative estimate of drug-likeness (QED) is 0.668. The lowest BCUT2D eigenvalue weighted by Crippen LogP contribution is -1.99. The van der Waals surface area contributed by atoms with Gasteiger partial charge in [0.2, 0.25) is 0 Å². The summed E-state index contributed by atoms with van der Waals surface area (Å²) in [6.07, 6.45) is 2.12. The summed E-state index contributed by atoms with van der Waals surface area (Å²) in [4.78, 5) is 11.1. The molecule has 1 saturated carbocycles. The highest BCUT2D eigenvalue weighted by molar-refractivity contribution is 5.81. The Balaban J connectivity index is 2.32. The molecule has 0 heterocycles. The second-order valence-corrected chi connectivity index (χ2v) is 3.93. The van der Waals surface area contributed by atoms with E-state index >= 15 is 0 Å². The van der Waals surface area contributed by atoms with Crippen LogP contribution in [0.25, 0.3) is 0 Å². The van der Waals surface area contributed by atoms with Crippen LogP contribution in [0, 0.1) is 12.7 Å². The molecule has 74 valence electrons. The molecule has 1 nitrogen and oxygen atoms in total. The summed E-state index contributed by atoms with van der Waals surface area (Å²) in [5.74, 6) is 0.388. The smallest absolute Gasteiger partial charge is 0.133 e. The van der Waals surface area contributed by atoms with Crippen LogP contribution in [-0.2, 0) is 4.79 Å². The fraction of sp³-hybridized carbons (Fsp3) is 0.417. The van der Waals surface area contributed by atoms with Crippen molar-refractivity contribution < 1.29 is 9.18 Å². The van der Waals surface area contributed by atoms with E-state index in [0.717, 1.165) is 12.0 Å². The molecular formula is C12H13FO. The third kappa shape index (κ3) is 1.57. The Morgan fingerprint density at radius 2 is 2.21 bits per heavy atom. The monoisotopic (exact) mass is 192 g/mol. The molecule has 0 bridgehead atoms. The van der Waals surface area contributed by atoms with Gasteiger partial charge in [0, 0.05) is 12.8 Å². The molecule has 1 aliphatic carbocycles. The van der Waals surface area contributed by atoms with E-state index in [1.165, 1.54) is 6.07 Å². The van der Waals surface area contributed by atoms with Crippen LogP contribution in [-0.4, -0.2) is 5.78 Å². The Morgan fingerprint density at radius 3 is 2.86 bits per heavy atom. The average molecular weight is 192 g/mol. The predicted molar refractivity (Wildman–Crippen MR) is 52.7 cm³/mol. The highest BCUT2D eigenvalue weighted by Crippen LogP contribution is 2.34. The maximum absolute atomic E-state index is 13.2. The molecule has 0 aliphatic heterocycles. The summed E-state index contributed by atoms with van der Waals surface area (Å²) in [5, 5.41) is 0. The zero-order valence-electron chi connectivity index (χ0n) is 8.22. The molecule has 1 fully saturated rings. The predicted octanol–water partition coefficient (Wildman–Crippen LogP) is 2.97. The molecule has 2 rings (SSSR count). The molecule has 0 aromatic heterocycles. The van der Waals surface area contributed by atoms with E-state index in [4.69, 9.17) is 0 Å². The van der Waals surface area contributed by atoms with Gasteiger partial charge in [-0.2, -0.15) is 0 Å². The van der Waals surface area contributed by atoms with Gasteiger partial charge in [0.25, 0.3) is 0 Å². The van der Waals surface area contributed by atoms with Crippen molar-refractivity contribution >= 4 is 5.78 Å². The van der Waals surface area contributed by atoms with Gasteiger partial charge in [0.05, 0.1) is 0 Å². The second kappa shape index (κ2) is 3.52. The van der Waals surface area contributed by atoms with E-state index in [2.05, 4.69) is 0 Å². The Labute approximate surface area is 82.9 Å². The number of carbonyl (C=O) groups excluding carboxylic acids is 1. The van der Waals surface area contributed by atoms with Gasteiger partial charge in [-0.25, -0.2) is 4.39 Å². The Bertz CT molecular complexity index is 371. The number of benzene rings is 1.